The predicted octanol–water partition coefficient (Wildman–Crippen LogP) is 1.85. The first-order valence-corrected chi connectivity index (χ1v) is 8.13. The molecule has 3 rings (SSSR count). The van der Waals surface area contributed by atoms with Gasteiger partial charge in [-0.05, 0) is 30.9 Å². The Balaban J connectivity index is 1.67. The van der Waals surface area contributed by atoms with Crippen LogP contribution in [0.2, 0.25) is 0 Å². The van der Waals surface area contributed by atoms with Gasteiger partial charge < -0.3 is 15.4 Å². The lowest BCUT2D eigenvalue weighted by molar-refractivity contribution is 0.0620. The maximum Gasteiger partial charge on any atom is 0.252 e. The van der Waals surface area contributed by atoms with Crippen molar-refractivity contribution in [2.24, 2.45) is 0 Å². The standard InChI is InChI=1S/C15H18N4O2S/c1-10-16-5-2-14(17-10)18-13-8-21-6-3-12(13)19-15(20)11-4-7-22-9-11/h2,4-5,7,9,12-13H,3,6,8H2,1H3,(H,19,20)(H,16,17,18)/t12-,13+/m0/s1. The molecule has 7 heteroatoms. The molecule has 6 nitrogen and oxygen atoms in total. The van der Waals surface area contributed by atoms with Gasteiger partial charge in [0.2, 0.25) is 0 Å². The number of carbonyl (C=O) groups is 1. The molecule has 116 valence electrons. The lowest BCUT2D eigenvalue weighted by Crippen LogP contribution is -2.52. The Labute approximate surface area is 132 Å². The van der Waals surface area contributed by atoms with Gasteiger partial charge in [0, 0.05) is 23.7 Å². The van der Waals surface area contributed by atoms with Crippen LogP contribution in [0, 0.1) is 6.92 Å². The van der Waals surface area contributed by atoms with Crippen LogP contribution in [-0.4, -0.2) is 41.2 Å². The van der Waals surface area contributed by atoms with Crippen molar-refractivity contribution in [2.75, 3.05) is 18.5 Å². The number of hydrogen-bond donors (Lipinski definition) is 2. The van der Waals surface area contributed by atoms with E-state index in [1.165, 1.54) is 11.3 Å². The zero-order chi connectivity index (χ0) is 15.4. The van der Waals surface area contributed by atoms with Crippen molar-refractivity contribution in [3.63, 3.8) is 0 Å². The molecule has 0 aliphatic carbocycles. The van der Waals surface area contributed by atoms with Crippen LogP contribution in [0.5, 0.6) is 0 Å². The number of aromatic nitrogens is 2. The van der Waals surface area contributed by atoms with Crippen LogP contribution >= 0.6 is 11.3 Å². The number of nitrogens with zero attached hydrogens (tertiary/aromatic N) is 2. The van der Waals surface area contributed by atoms with Gasteiger partial charge >= 0.3 is 0 Å². The summed E-state index contributed by atoms with van der Waals surface area (Å²) in [6.45, 7) is 3.03. The van der Waals surface area contributed by atoms with Crippen molar-refractivity contribution in [3.05, 3.63) is 40.5 Å². The van der Waals surface area contributed by atoms with Crippen LogP contribution in [0.15, 0.2) is 29.1 Å². The van der Waals surface area contributed by atoms with Crippen LogP contribution in [0.1, 0.15) is 22.6 Å². The number of thiophene rings is 1. The molecule has 1 aliphatic heterocycles. The summed E-state index contributed by atoms with van der Waals surface area (Å²) < 4.78 is 5.53. The Kier molecular flexibility index (Phi) is 4.65. The fourth-order valence-corrected chi connectivity index (χ4v) is 3.06. The summed E-state index contributed by atoms with van der Waals surface area (Å²) in [6.07, 6.45) is 2.49. The molecule has 0 spiro atoms. The third-order valence-corrected chi connectivity index (χ3v) is 4.25. The van der Waals surface area contributed by atoms with E-state index in [0.29, 0.717) is 24.6 Å². The minimum absolute atomic E-state index is 0.00867. The first-order chi connectivity index (χ1) is 10.7. The second-order valence-electron chi connectivity index (χ2n) is 5.20. The molecular weight excluding hydrogens is 300 g/mol. The Hall–Kier alpha value is -1.99. The smallest absolute Gasteiger partial charge is 0.252 e. The van der Waals surface area contributed by atoms with Gasteiger partial charge in [0.1, 0.15) is 11.6 Å². The zero-order valence-electron chi connectivity index (χ0n) is 12.3. The summed E-state index contributed by atoms with van der Waals surface area (Å²) in [6, 6.07) is 3.65. The van der Waals surface area contributed by atoms with E-state index in [4.69, 9.17) is 4.74 Å². The molecule has 3 heterocycles. The van der Waals surface area contributed by atoms with Gasteiger partial charge in [0.25, 0.3) is 5.91 Å². The highest BCUT2D eigenvalue weighted by Gasteiger charge is 2.27. The van der Waals surface area contributed by atoms with E-state index in [1.807, 2.05) is 29.8 Å². The summed E-state index contributed by atoms with van der Waals surface area (Å²) in [7, 11) is 0. The molecular formula is C15H18N4O2S. The van der Waals surface area contributed by atoms with E-state index < -0.39 is 0 Å². The molecule has 0 aromatic carbocycles. The van der Waals surface area contributed by atoms with E-state index in [0.717, 1.165) is 12.2 Å². The maximum atomic E-state index is 12.2. The molecule has 0 radical (unpaired) electrons. The lowest BCUT2D eigenvalue weighted by Gasteiger charge is -2.33. The van der Waals surface area contributed by atoms with Gasteiger partial charge in [-0.2, -0.15) is 11.3 Å². The van der Waals surface area contributed by atoms with Crippen molar-refractivity contribution < 1.29 is 9.53 Å². The van der Waals surface area contributed by atoms with Gasteiger partial charge in [0.15, 0.2) is 0 Å². The molecule has 2 atom stereocenters. The SMILES string of the molecule is Cc1nccc(N[C@@H]2COCC[C@@H]2NC(=O)c2ccsc2)n1. The molecule has 2 N–H and O–H groups in total. The molecule has 0 saturated carbocycles. The molecule has 0 bridgehead atoms. The predicted molar refractivity (Wildman–Crippen MR) is 85.2 cm³/mol. The van der Waals surface area contributed by atoms with Gasteiger partial charge in [-0.1, -0.05) is 0 Å². The van der Waals surface area contributed by atoms with Crippen LogP contribution in [-0.2, 0) is 4.74 Å². The minimum atomic E-state index is -0.0428. The molecule has 1 aliphatic rings. The Morgan fingerprint density at radius 2 is 2.32 bits per heavy atom. The molecule has 1 amide bonds. The Morgan fingerprint density at radius 3 is 3.09 bits per heavy atom. The number of carbonyl (C=O) groups excluding carboxylic acids is 1. The van der Waals surface area contributed by atoms with E-state index in [2.05, 4.69) is 20.6 Å². The highest BCUT2D eigenvalue weighted by molar-refractivity contribution is 7.08. The van der Waals surface area contributed by atoms with Gasteiger partial charge in [-0.15, -0.1) is 0 Å². The van der Waals surface area contributed by atoms with Crippen molar-refractivity contribution in [3.8, 4) is 0 Å². The fourth-order valence-electron chi connectivity index (χ4n) is 2.42. The second kappa shape index (κ2) is 6.85. The number of amides is 1. The summed E-state index contributed by atoms with van der Waals surface area (Å²) in [4.78, 5) is 20.7. The number of nitrogens with one attached hydrogen (secondary N) is 2. The monoisotopic (exact) mass is 318 g/mol. The van der Waals surface area contributed by atoms with E-state index >= 15 is 0 Å². The van der Waals surface area contributed by atoms with Crippen molar-refractivity contribution in [2.45, 2.75) is 25.4 Å². The quantitative estimate of drug-likeness (QED) is 0.900. The Bertz CT molecular complexity index is 632. The molecule has 2 aromatic rings. The maximum absolute atomic E-state index is 12.2. The number of rotatable bonds is 4. The summed E-state index contributed by atoms with van der Waals surface area (Å²) >= 11 is 1.52. The molecule has 0 unspecified atom stereocenters. The second-order valence-corrected chi connectivity index (χ2v) is 5.98. The van der Waals surface area contributed by atoms with Gasteiger partial charge in [0.05, 0.1) is 18.7 Å². The number of hydrogen-bond acceptors (Lipinski definition) is 6. The summed E-state index contributed by atoms with van der Waals surface area (Å²) in [5, 5.41) is 10.2. The molecule has 1 fully saturated rings. The first kappa shape index (κ1) is 14.9. The van der Waals surface area contributed by atoms with Crippen LogP contribution in [0.3, 0.4) is 0 Å². The van der Waals surface area contributed by atoms with Crippen molar-refractivity contribution >= 4 is 23.1 Å². The van der Waals surface area contributed by atoms with Crippen LogP contribution in [0.25, 0.3) is 0 Å². The number of aryl methyl sites for hydroxylation is 1. The normalized spacial score (nSPS) is 21.3. The third-order valence-electron chi connectivity index (χ3n) is 3.57. The van der Waals surface area contributed by atoms with E-state index in [1.54, 1.807) is 6.20 Å². The van der Waals surface area contributed by atoms with Crippen molar-refractivity contribution in [1.29, 1.82) is 0 Å². The van der Waals surface area contributed by atoms with Gasteiger partial charge in [-0.3, -0.25) is 4.79 Å². The minimum Gasteiger partial charge on any atom is -0.379 e. The molecule has 22 heavy (non-hydrogen) atoms. The number of ether oxygens (including phenoxy) is 1. The highest BCUT2D eigenvalue weighted by Crippen LogP contribution is 2.15. The van der Waals surface area contributed by atoms with Gasteiger partial charge in [-0.25, -0.2) is 9.97 Å². The average molecular weight is 318 g/mol. The Morgan fingerprint density at radius 1 is 1.41 bits per heavy atom. The molecule has 1 saturated heterocycles. The number of anilines is 1. The van der Waals surface area contributed by atoms with Crippen LogP contribution in [0.4, 0.5) is 5.82 Å². The average Bonchev–Trinajstić information content (AvgIpc) is 3.04. The van der Waals surface area contributed by atoms with Crippen molar-refractivity contribution in [1.82, 2.24) is 15.3 Å². The fraction of sp³-hybridized carbons (Fsp3) is 0.400. The van der Waals surface area contributed by atoms with Crippen LogP contribution < -0.4 is 10.6 Å². The third kappa shape index (κ3) is 3.61. The largest absolute Gasteiger partial charge is 0.379 e. The highest BCUT2D eigenvalue weighted by atomic mass is 32.1. The molecule has 2 aromatic heterocycles. The summed E-state index contributed by atoms with van der Waals surface area (Å²) in [5.74, 6) is 1.41. The lowest BCUT2D eigenvalue weighted by atomic mass is 10.0. The first-order valence-electron chi connectivity index (χ1n) is 7.19. The summed E-state index contributed by atoms with van der Waals surface area (Å²) in [5.41, 5.74) is 0.702. The zero-order valence-corrected chi connectivity index (χ0v) is 13.1. The van der Waals surface area contributed by atoms with E-state index in [-0.39, 0.29) is 18.0 Å². The van der Waals surface area contributed by atoms with E-state index in [9.17, 15) is 4.79 Å². The topological polar surface area (TPSA) is 76.1 Å².